The lowest BCUT2D eigenvalue weighted by atomic mass is 10.1. The molecule has 0 saturated heterocycles. The molecule has 0 atom stereocenters. The number of hydrogen-bond acceptors (Lipinski definition) is 2. The maximum absolute atomic E-state index is 12.1. The zero-order valence-electron chi connectivity index (χ0n) is 12.0. The number of para-hydroxylation sites is 1. The van der Waals surface area contributed by atoms with Gasteiger partial charge in [0.1, 0.15) is 5.75 Å². The fourth-order valence-electron chi connectivity index (χ4n) is 1.91. The van der Waals surface area contributed by atoms with E-state index in [1.165, 1.54) is 0 Å². The molecule has 2 nitrogen and oxygen atoms in total. The number of rotatable bonds is 8. The van der Waals surface area contributed by atoms with E-state index in [2.05, 4.69) is 12.2 Å². The molecule has 0 amide bonds. The van der Waals surface area contributed by atoms with Crippen LogP contribution in [0.5, 0.6) is 5.75 Å². The number of hydrogen-bond donors (Lipinski definition) is 1. The van der Waals surface area contributed by atoms with Crippen molar-refractivity contribution in [3.05, 3.63) is 29.3 Å². The van der Waals surface area contributed by atoms with Crippen LogP contribution in [0.2, 0.25) is 0 Å². The van der Waals surface area contributed by atoms with Crippen molar-refractivity contribution >= 4 is 0 Å². The molecule has 0 aliphatic rings. The summed E-state index contributed by atoms with van der Waals surface area (Å²) in [5.41, 5.74) is 1.94. The maximum atomic E-state index is 12.1. The van der Waals surface area contributed by atoms with Crippen molar-refractivity contribution in [2.75, 3.05) is 13.2 Å². The zero-order chi connectivity index (χ0) is 15.0. The first-order valence-corrected chi connectivity index (χ1v) is 6.93. The molecule has 1 aromatic rings. The lowest BCUT2D eigenvalue weighted by molar-refractivity contribution is -0.136. The molecule has 0 aliphatic carbocycles. The molecule has 20 heavy (non-hydrogen) atoms. The van der Waals surface area contributed by atoms with Crippen LogP contribution in [-0.4, -0.2) is 19.3 Å². The minimum atomic E-state index is -4.11. The van der Waals surface area contributed by atoms with Crippen LogP contribution in [0, 0.1) is 6.92 Å². The number of aryl methyl sites for hydroxylation is 1. The standard InChI is InChI=1S/C15H22F3NO/c1-3-9-19-11-13-7-4-6-12(2)14(13)20-10-5-8-15(16,17)18/h4,6-7,19H,3,5,8-11H2,1-2H3. The smallest absolute Gasteiger partial charge is 0.389 e. The Morgan fingerprint density at radius 1 is 1.25 bits per heavy atom. The molecule has 0 saturated carbocycles. The quantitative estimate of drug-likeness (QED) is 0.724. The van der Waals surface area contributed by atoms with E-state index in [0.717, 1.165) is 24.1 Å². The number of nitrogens with one attached hydrogen (secondary N) is 1. The predicted octanol–water partition coefficient (Wildman–Crippen LogP) is 4.22. The Morgan fingerprint density at radius 3 is 2.65 bits per heavy atom. The highest BCUT2D eigenvalue weighted by Gasteiger charge is 2.26. The third-order valence-corrected chi connectivity index (χ3v) is 2.89. The second-order valence-electron chi connectivity index (χ2n) is 4.81. The summed E-state index contributed by atoms with van der Waals surface area (Å²) < 4.78 is 41.8. The van der Waals surface area contributed by atoms with Gasteiger partial charge in [0.2, 0.25) is 0 Å². The summed E-state index contributed by atoms with van der Waals surface area (Å²) in [4.78, 5) is 0. The van der Waals surface area contributed by atoms with E-state index in [1.54, 1.807) is 0 Å². The van der Waals surface area contributed by atoms with Crippen molar-refractivity contribution in [1.82, 2.24) is 5.32 Å². The van der Waals surface area contributed by atoms with Gasteiger partial charge in [-0.15, -0.1) is 0 Å². The van der Waals surface area contributed by atoms with Gasteiger partial charge in [-0.1, -0.05) is 25.1 Å². The molecule has 0 fully saturated rings. The Bertz CT molecular complexity index is 405. The predicted molar refractivity (Wildman–Crippen MR) is 74.0 cm³/mol. The summed E-state index contributed by atoms with van der Waals surface area (Å²) in [5, 5.41) is 3.27. The van der Waals surface area contributed by atoms with Gasteiger partial charge in [-0.2, -0.15) is 13.2 Å². The van der Waals surface area contributed by atoms with Gasteiger partial charge < -0.3 is 10.1 Å². The van der Waals surface area contributed by atoms with E-state index in [9.17, 15) is 13.2 Å². The normalized spacial score (nSPS) is 11.7. The molecule has 0 bridgehead atoms. The van der Waals surface area contributed by atoms with E-state index in [1.807, 2.05) is 25.1 Å². The molecule has 1 rings (SSSR count). The van der Waals surface area contributed by atoms with E-state index in [4.69, 9.17) is 4.74 Å². The van der Waals surface area contributed by atoms with Crippen LogP contribution < -0.4 is 10.1 Å². The van der Waals surface area contributed by atoms with E-state index < -0.39 is 12.6 Å². The molecule has 0 radical (unpaired) electrons. The van der Waals surface area contributed by atoms with Crippen LogP contribution in [-0.2, 0) is 6.54 Å². The van der Waals surface area contributed by atoms with Crippen molar-refractivity contribution in [1.29, 1.82) is 0 Å². The minimum Gasteiger partial charge on any atom is -0.493 e. The van der Waals surface area contributed by atoms with Crippen LogP contribution in [0.1, 0.15) is 37.3 Å². The summed E-state index contributed by atoms with van der Waals surface area (Å²) in [6.07, 6.45) is -3.89. The lowest BCUT2D eigenvalue weighted by Gasteiger charge is -2.15. The summed E-state index contributed by atoms with van der Waals surface area (Å²) in [7, 11) is 0. The van der Waals surface area contributed by atoms with Gasteiger partial charge in [-0.05, 0) is 31.9 Å². The summed E-state index contributed by atoms with van der Waals surface area (Å²) in [6, 6.07) is 5.78. The molecule has 114 valence electrons. The summed E-state index contributed by atoms with van der Waals surface area (Å²) in [6.45, 7) is 5.65. The van der Waals surface area contributed by atoms with Gasteiger partial charge in [0, 0.05) is 18.5 Å². The Balaban J connectivity index is 2.54. The van der Waals surface area contributed by atoms with Gasteiger partial charge in [-0.3, -0.25) is 0 Å². The topological polar surface area (TPSA) is 21.3 Å². The number of ether oxygens (including phenoxy) is 1. The Morgan fingerprint density at radius 2 is 2.00 bits per heavy atom. The average Bonchev–Trinajstić information content (AvgIpc) is 2.36. The van der Waals surface area contributed by atoms with Crippen LogP contribution >= 0.6 is 0 Å². The van der Waals surface area contributed by atoms with E-state index in [0.29, 0.717) is 12.3 Å². The molecule has 1 aromatic carbocycles. The highest BCUT2D eigenvalue weighted by Crippen LogP contribution is 2.25. The molecule has 5 heteroatoms. The van der Waals surface area contributed by atoms with Crippen molar-refractivity contribution in [3.8, 4) is 5.75 Å². The fourth-order valence-corrected chi connectivity index (χ4v) is 1.91. The van der Waals surface area contributed by atoms with Crippen LogP contribution in [0.4, 0.5) is 13.2 Å². The van der Waals surface area contributed by atoms with Gasteiger partial charge in [0.15, 0.2) is 0 Å². The van der Waals surface area contributed by atoms with Crippen LogP contribution in [0.25, 0.3) is 0 Å². The third kappa shape index (κ3) is 6.28. The zero-order valence-corrected chi connectivity index (χ0v) is 12.0. The lowest BCUT2D eigenvalue weighted by Crippen LogP contribution is -2.15. The molecule has 0 heterocycles. The number of benzene rings is 1. The third-order valence-electron chi connectivity index (χ3n) is 2.89. The average molecular weight is 289 g/mol. The molecule has 0 unspecified atom stereocenters. The molecule has 0 aliphatic heterocycles. The molecular formula is C15H22F3NO. The second kappa shape index (κ2) is 8.15. The van der Waals surface area contributed by atoms with Crippen molar-refractivity contribution < 1.29 is 17.9 Å². The SMILES string of the molecule is CCCNCc1cccc(C)c1OCCCC(F)(F)F. The van der Waals surface area contributed by atoms with E-state index in [-0.39, 0.29) is 13.0 Å². The highest BCUT2D eigenvalue weighted by atomic mass is 19.4. The monoisotopic (exact) mass is 289 g/mol. The molecule has 0 spiro atoms. The Labute approximate surface area is 118 Å². The molecule has 0 aromatic heterocycles. The van der Waals surface area contributed by atoms with Gasteiger partial charge >= 0.3 is 6.18 Å². The van der Waals surface area contributed by atoms with Crippen molar-refractivity contribution in [2.45, 2.75) is 45.8 Å². The first-order chi connectivity index (χ1) is 9.44. The van der Waals surface area contributed by atoms with E-state index >= 15 is 0 Å². The number of halogens is 3. The summed E-state index contributed by atoms with van der Waals surface area (Å²) >= 11 is 0. The van der Waals surface area contributed by atoms with Gasteiger partial charge in [-0.25, -0.2) is 0 Å². The van der Waals surface area contributed by atoms with Crippen molar-refractivity contribution in [3.63, 3.8) is 0 Å². The fraction of sp³-hybridized carbons (Fsp3) is 0.600. The molecule has 1 N–H and O–H groups in total. The Hall–Kier alpha value is -1.23. The highest BCUT2D eigenvalue weighted by molar-refractivity contribution is 5.40. The Kier molecular flexibility index (Phi) is 6.85. The van der Waals surface area contributed by atoms with Crippen LogP contribution in [0.3, 0.4) is 0 Å². The van der Waals surface area contributed by atoms with Crippen molar-refractivity contribution in [2.24, 2.45) is 0 Å². The number of alkyl halides is 3. The first-order valence-electron chi connectivity index (χ1n) is 6.93. The van der Waals surface area contributed by atoms with Gasteiger partial charge in [0.25, 0.3) is 0 Å². The second-order valence-corrected chi connectivity index (χ2v) is 4.81. The maximum Gasteiger partial charge on any atom is 0.389 e. The largest absolute Gasteiger partial charge is 0.493 e. The molecular weight excluding hydrogens is 267 g/mol. The van der Waals surface area contributed by atoms with Crippen LogP contribution in [0.15, 0.2) is 18.2 Å². The van der Waals surface area contributed by atoms with Gasteiger partial charge in [0.05, 0.1) is 6.61 Å². The summed E-state index contributed by atoms with van der Waals surface area (Å²) in [5.74, 6) is 0.707. The first kappa shape index (κ1) is 16.8. The minimum absolute atomic E-state index is 0.0142.